The van der Waals surface area contributed by atoms with E-state index in [-0.39, 0.29) is 10.7 Å². The topological polar surface area (TPSA) is 64.6 Å². The van der Waals surface area contributed by atoms with Crippen LogP contribution in [-0.4, -0.2) is 32.9 Å². The molecule has 122 valence electrons. The molecule has 0 spiro atoms. The second-order valence-electron chi connectivity index (χ2n) is 7.48. The number of rotatable bonds is 5. The van der Waals surface area contributed by atoms with Crippen molar-refractivity contribution in [1.29, 1.82) is 0 Å². The lowest BCUT2D eigenvalue weighted by Crippen LogP contribution is -2.41. The number of carbonyl (C=O) groups excluding carboxylic acids is 2. The SMILES string of the molecule is CC(C)(C)OC(=O)N/C(C=O)=C\CO[Si](C)(C)C(C)(C)C. The third-order valence-corrected chi connectivity index (χ3v) is 7.83. The summed E-state index contributed by atoms with van der Waals surface area (Å²) in [6, 6.07) is 0. The summed E-state index contributed by atoms with van der Waals surface area (Å²) in [5.41, 5.74) is -0.446. The summed E-state index contributed by atoms with van der Waals surface area (Å²) in [4.78, 5) is 22.6. The fourth-order valence-corrected chi connectivity index (χ4v) is 2.04. The highest BCUT2D eigenvalue weighted by atomic mass is 28.4. The second kappa shape index (κ2) is 7.22. The lowest BCUT2D eigenvalue weighted by atomic mass is 10.2. The zero-order chi connectivity index (χ0) is 16.9. The summed E-state index contributed by atoms with van der Waals surface area (Å²) < 4.78 is 11.0. The highest BCUT2D eigenvalue weighted by Gasteiger charge is 2.36. The Bertz CT molecular complexity index is 403. The van der Waals surface area contributed by atoms with Gasteiger partial charge in [0.1, 0.15) is 5.60 Å². The highest BCUT2D eigenvalue weighted by molar-refractivity contribution is 6.74. The first-order chi connectivity index (χ1) is 9.28. The molecular weight excluding hydrogens is 286 g/mol. The number of allylic oxidation sites excluding steroid dienone is 1. The fraction of sp³-hybridized carbons (Fsp3) is 0.733. The van der Waals surface area contributed by atoms with E-state index >= 15 is 0 Å². The van der Waals surface area contributed by atoms with Gasteiger partial charge in [0, 0.05) is 0 Å². The van der Waals surface area contributed by atoms with Gasteiger partial charge < -0.3 is 9.16 Å². The predicted octanol–water partition coefficient (Wildman–Crippen LogP) is 3.62. The van der Waals surface area contributed by atoms with Gasteiger partial charge in [0.15, 0.2) is 14.6 Å². The fourth-order valence-electron chi connectivity index (χ4n) is 1.11. The van der Waals surface area contributed by atoms with Crippen molar-refractivity contribution in [2.75, 3.05) is 6.61 Å². The minimum Gasteiger partial charge on any atom is -0.444 e. The molecule has 0 aromatic rings. The van der Waals surface area contributed by atoms with E-state index < -0.39 is 20.0 Å². The Balaban J connectivity index is 4.56. The van der Waals surface area contributed by atoms with E-state index in [2.05, 4.69) is 39.2 Å². The number of alkyl carbamates (subject to hydrolysis) is 1. The number of nitrogens with one attached hydrogen (secondary N) is 1. The largest absolute Gasteiger partial charge is 0.444 e. The van der Waals surface area contributed by atoms with Crippen molar-refractivity contribution in [2.45, 2.75) is 65.3 Å². The molecule has 0 saturated heterocycles. The van der Waals surface area contributed by atoms with Crippen LogP contribution in [-0.2, 0) is 14.0 Å². The summed E-state index contributed by atoms with van der Waals surface area (Å²) >= 11 is 0. The molecule has 0 aliphatic carbocycles. The summed E-state index contributed by atoms with van der Waals surface area (Å²) in [6.45, 7) is 16.3. The van der Waals surface area contributed by atoms with Crippen LogP contribution in [0.4, 0.5) is 4.79 Å². The average Bonchev–Trinajstić information content (AvgIpc) is 2.23. The van der Waals surface area contributed by atoms with E-state index in [1.165, 1.54) is 0 Å². The van der Waals surface area contributed by atoms with Crippen molar-refractivity contribution in [1.82, 2.24) is 5.32 Å². The van der Waals surface area contributed by atoms with Crippen molar-refractivity contribution in [3.05, 3.63) is 11.8 Å². The van der Waals surface area contributed by atoms with E-state index in [9.17, 15) is 9.59 Å². The van der Waals surface area contributed by atoms with Crippen LogP contribution in [0.1, 0.15) is 41.5 Å². The molecular formula is C15H29NO4Si. The molecule has 0 radical (unpaired) electrons. The molecule has 0 aromatic carbocycles. The van der Waals surface area contributed by atoms with E-state index in [0.29, 0.717) is 12.9 Å². The Morgan fingerprint density at radius 1 is 1.14 bits per heavy atom. The zero-order valence-corrected chi connectivity index (χ0v) is 15.5. The van der Waals surface area contributed by atoms with Crippen LogP contribution in [0.5, 0.6) is 0 Å². The second-order valence-corrected chi connectivity index (χ2v) is 12.3. The molecule has 0 aromatic heterocycles. The predicted molar refractivity (Wildman–Crippen MR) is 86.7 cm³/mol. The minimum atomic E-state index is -1.87. The molecule has 0 fully saturated rings. The Morgan fingerprint density at radius 3 is 2.05 bits per heavy atom. The van der Waals surface area contributed by atoms with Crippen LogP contribution in [0.25, 0.3) is 0 Å². The number of hydrogen-bond donors (Lipinski definition) is 1. The molecule has 5 nitrogen and oxygen atoms in total. The van der Waals surface area contributed by atoms with Gasteiger partial charge >= 0.3 is 6.09 Å². The number of hydrogen-bond acceptors (Lipinski definition) is 4. The molecule has 0 unspecified atom stereocenters. The molecule has 0 rings (SSSR count). The molecule has 0 aliphatic heterocycles. The Kier molecular flexibility index (Phi) is 6.83. The summed E-state index contributed by atoms with van der Waals surface area (Å²) in [6.07, 6.45) is 1.50. The number of amides is 1. The van der Waals surface area contributed by atoms with E-state index in [4.69, 9.17) is 9.16 Å². The average molecular weight is 315 g/mol. The van der Waals surface area contributed by atoms with Gasteiger partial charge in [-0.3, -0.25) is 10.1 Å². The van der Waals surface area contributed by atoms with Crippen LogP contribution in [0.3, 0.4) is 0 Å². The first kappa shape index (κ1) is 19.9. The first-order valence-electron chi connectivity index (χ1n) is 7.08. The van der Waals surface area contributed by atoms with Crippen LogP contribution in [0.2, 0.25) is 18.1 Å². The number of aldehydes is 1. The molecule has 6 heteroatoms. The van der Waals surface area contributed by atoms with E-state index in [0.717, 1.165) is 0 Å². The lowest BCUT2D eigenvalue weighted by molar-refractivity contribution is -0.105. The summed E-state index contributed by atoms with van der Waals surface area (Å²) in [5, 5.41) is 2.51. The molecule has 1 amide bonds. The van der Waals surface area contributed by atoms with Gasteiger partial charge in [-0.25, -0.2) is 4.79 Å². The van der Waals surface area contributed by atoms with Gasteiger partial charge in [0.2, 0.25) is 0 Å². The van der Waals surface area contributed by atoms with Crippen molar-refractivity contribution in [2.24, 2.45) is 0 Å². The van der Waals surface area contributed by atoms with Gasteiger partial charge in [-0.1, -0.05) is 20.8 Å². The normalized spacial score (nSPS) is 13.8. The van der Waals surface area contributed by atoms with Crippen molar-refractivity contribution in [3.63, 3.8) is 0 Å². The third kappa shape index (κ3) is 8.01. The van der Waals surface area contributed by atoms with Gasteiger partial charge in [-0.15, -0.1) is 0 Å². The van der Waals surface area contributed by atoms with E-state index in [1.54, 1.807) is 26.8 Å². The molecule has 0 heterocycles. The summed E-state index contributed by atoms with van der Waals surface area (Å²) in [7, 11) is -1.87. The Morgan fingerprint density at radius 2 is 1.67 bits per heavy atom. The van der Waals surface area contributed by atoms with Crippen LogP contribution in [0.15, 0.2) is 11.8 Å². The summed E-state index contributed by atoms with van der Waals surface area (Å²) in [5.74, 6) is 0. The van der Waals surface area contributed by atoms with Gasteiger partial charge in [-0.2, -0.15) is 0 Å². The van der Waals surface area contributed by atoms with Crippen molar-refractivity contribution in [3.8, 4) is 0 Å². The van der Waals surface area contributed by atoms with Gasteiger partial charge in [0.25, 0.3) is 0 Å². The highest BCUT2D eigenvalue weighted by Crippen LogP contribution is 2.36. The maximum absolute atomic E-state index is 11.6. The molecule has 0 aliphatic rings. The zero-order valence-electron chi connectivity index (χ0n) is 14.5. The lowest BCUT2D eigenvalue weighted by Gasteiger charge is -2.35. The molecule has 1 N–H and O–H groups in total. The van der Waals surface area contributed by atoms with Crippen LogP contribution in [0, 0.1) is 0 Å². The van der Waals surface area contributed by atoms with Crippen molar-refractivity contribution < 1.29 is 18.8 Å². The third-order valence-electron chi connectivity index (χ3n) is 3.33. The number of carbonyl (C=O) groups is 2. The molecule has 0 atom stereocenters. The quantitative estimate of drug-likeness (QED) is 0.478. The van der Waals surface area contributed by atoms with Crippen molar-refractivity contribution >= 4 is 20.7 Å². The van der Waals surface area contributed by atoms with Crippen LogP contribution < -0.4 is 5.32 Å². The van der Waals surface area contributed by atoms with Crippen LogP contribution >= 0.6 is 0 Å². The first-order valence-corrected chi connectivity index (χ1v) is 9.98. The molecule has 0 saturated carbocycles. The van der Waals surface area contributed by atoms with Gasteiger partial charge in [-0.05, 0) is 45.0 Å². The maximum Gasteiger partial charge on any atom is 0.412 e. The molecule has 21 heavy (non-hydrogen) atoms. The standard InChI is InChI=1S/C15H29NO4Si/c1-14(2,3)20-13(18)16-12(11-17)9-10-19-21(7,8)15(4,5)6/h9,11H,10H2,1-8H3,(H,16,18)/b12-9-. The Labute approximate surface area is 129 Å². The number of ether oxygens (including phenoxy) is 1. The van der Waals surface area contributed by atoms with Gasteiger partial charge in [0.05, 0.1) is 12.3 Å². The minimum absolute atomic E-state index is 0.0980. The molecule has 0 bridgehead atoms. The monoisotopic (exact) mass is 315 g/mol. The van der Waals surface area contributed by atoms with E-state index in [1.807, 2.05) is 0 Å². The maximum atomic E-state index is 11.6. The Hall–Kier alpha value is -1.14. The smallest absolute Gasteiger partial charge is 0.412 e.